The molecule has 3 aromatic rings. The first-order chi connectivity index (χ1) is 15.2. The van der Waals surface area contributed by atoms with Crippen molar-refractivity contribution < 1.29 is 35.8 Å². The summed E-state index contributed by atoms with van der Waals surface area (Å²) >= 11 is 0. The van der Waals surface area contributed by atoms with E-state index in [4.69, 9.17) is 14.2 Å². The van der Waals surface area contributed by atoms with E-state index in [1.165, 1.54) is 36.7 Å². The summed E-state index contributed by atoms with van der Waals surface area (Å²) in [4.78, 5) is 3.89. The van der Waals surface area contributed by atoms with Crippen LogP contribution in [0.25, 0.3) is 0 Å². The summed E-state index contributed by atoms with van der Waals surface area (Å²) in [6.45, 7) is -0.179. The van der Waals surface area contributed by atoms with E-state index in [-0.39, 0.29) is 19.0 Å². The number of benzene rings is 2. The van der Waals surface area contributed by atoms with Gasteiger partial charge in [0.25, 0.3) is 0 Å². The van der Waals surface area contributed by atoms with Gasteiger partial charge < -0.3 is 14.2 Å². The number of rotatable bonds is 7. The molecule has 1 aromatic heterocycles. The van der Waals surface area contributed by atoms with Crippen LogP contribution >= 0.6 is 0 Å². The number of aromatic nitrogens is 1. The SMILES string of the molecule is O=S(=O)(CC(F)(F)F)N(Cc1cccnc1)c1ccc(Oc2ccc3c(c2)OCO3)cc1. The highest BCUT2D eigenvalue weighted by atomic mass is 32.2. The van der Waals surface area contributed by atoms with E-state index in [0.717, 1.165) is 0 Å². The van der Waals surface area contributed by atoms with Crippen LogP contribution in [0.1, 0.15) is 5.56 Å². The molecule has 0 bridgehead atoms. The van der Waals surface area contributed by atoms with E-state index in [1.807, 2.05) is 0 Å². The Kier molecular flexibility index (Phi) is 5.83. The van der Waals surface area contributed by atoms with E-state index in [2.05, 4.69) is 4.98 Å². The topological polar surface area (TPSA) is 78.0 Å². The average Bonchev–Trinajstić information content (AvgIpc) is 3.20. The molecule has 0 N–H and O–H groups in total. The van der Waals surface area contributed by atoms with Crippen LogP contribution in [0.4, 0.5) is 18.9 Å². The summed E-state index contributed by atoms with van der Waals surface area (Å²) < 4.78 is 80.8. The Hall–Kier alpha value is -3.47. The molecule has 0 unspecified atom stereocenters. The number of hydrogen-bond acceptors (Lipinski definition) is 6. The normalized spacial score (nSPS) is 13.1. The van der Waals surface area contributed by atoms with Crippen LogP contribution in [0.3, 0.4) is 0 Å². The lowest BCUT2D eigenvalue weighted by molar-refractivity contribution is -0.106. The van der Waals surface area contributed by atoms with Crippen molar-refractivity contribution in [3.05, 3.63) is 72.6 Å². The molecule has 0 atom stereocenters. The van der Waals surface area contributed by atoms with E-state index in [0.29, 0.717) is 32.9 Å². The number of sulfonamides is 1. The van der Waals surface area contributed by atoms with Crippen molar-refractivity contribution >= 4 is 15.7 Å². The van der Waals surface area contributed by atoms with Gasteiger partial charge in [-0.2, -0.15) is 13.2 Å². The van der Waals surface area contributed by atoms with Gasteiger partial charge in [0.15, 0.2) is 17.3 Å². The molecular formula is C21H17F3N2O5S. The lowest BCUT2D eigenvalue weighted by Gasteiger charge is -2.25. The number of halogens is 3. The molecule has 0 saturated heterocycles. The Labute approximate surface area is 182 Å². The Morgan fingerprint density at radius 2 is 1.72 bits per heavy atom. The summed E-state index contributed by atoms with van der Waals surface area (Å²) in [5, 5.41) is 0. The number of nitrogens with zero attached hydrogens (tertiary/aromatic N) is 2. The van der Waals surface area contributed by atoms with E-state index in [9.17, 15) is 21.6 Å². The fourth-order valence-corrected chi connectivity index (χ4v) is 4.41. The smallest absolute Gasteiger partial charge is 0.404 e. The Balaban J connectivity index is 1.58. The minimum absolute atomic E-state index is 0.0659. The molecule has 0 amide bonds. The van der Waals surface area contributed by atoms with Gasteiger partial charge in [-0.05, 0) is 48.0 Å². The third-order valence-electron chi connectivity index (χ3n) is 4.44. The van der Waals surface area contributed by atoms with Gasteiger partial charge in [0.1, 0.15) is 11.5 Å². The number of ether oxygens (including phenoxy) is 3. The second-order valence-electron chi connectivity index (χ2n) is 6.85. The van der Waals surface area contributed by atoms with Crippen LogP contribution in [0.2, 0.25) is 0 Å². The molecule has 4 rings (SSSR count). The van der Waals surface area contributed by atoms with Gasteiger partial charge in [-0.3, -0.25) is 9.29 Å². The summed E-state index contributed by atoms with van der Waals surface area (Å²) in [6, 6.07) is 13.9. The Bertz CT molecular complexity index is 1190. The third kappa shape index (κ3) is 5.22. The predicted molar refractivity (Wildman–Crippen MR) is 109 cm³/mol. The molecule has 0 fully saturated rings. The van der Waals surface area contributed by atoms with Gasteiger partial charge in [-0.15, -0.1) is 0 Å². The lowest BCUT2D eigenvalue weighted by atomic mass is 10.2. The zero-order chi connectivity index (χ0) is 22.8. The Morgan fingerprint density at radius 3 is 2.41 bits per heavy atom. The average molecular weight is 466 g/mol. The van der Waals surface area contributed by atoms with Crippen LogP contribution in [0, 0.1) is 0 Å². The molecule has 11 heteroatoms. The van der Waals surface area contributed by atoms with E-state index < -0.39 is 22.0 Å². The Morgan fingerprint density at radius 1 is 1.00 bits per heavy atom. The predicted octanol–water partition coefficient (Wildman–Crippen LogP) is 4.50. The molecule has 7 nitrogen and oxygen atoms in total. The highest BCUT2D eigenvalue weighted by Gasteiger charge is 2.38. The van der Waals surface area contributed by atoms with Crippen molar-refractivity contribution in [1.29, 1.82) is 0 Å². The lowest BCUT2D eigenvalue weighted by Crippen LogP contribution is -2.37. The molecule has 2 heterocycles. The summed E-state index contributed by atoms with van der Waals surface area (Å²) in [7, 11) is -4.70. The van der Waals surface area contributed by atoms with Crippen molar-refractivity contribution in [2.75, 3.05) is 16.9 Å². The molecule has 0 saturated carbocycles. The summed E-state index contributed by atoms with van der Waals surface area (Å²) in [5.74, 6) is -0.0369. The van der Waals surface area contributed by atoms with E-state index in [1.54, 1.807) is 30.3 Å². The maximum absolute atomic E-state index is 12.9. The largest absolute Gasteiger partial charge is 0.457 e. The highest BCUT2D eigenvalue weighted by Crippen LogP contribution is 2.37. The fraction of sp³-hybridized carbons (Fsp3) is 0.190. The maximum Gasteiger partial charge on any atom is 0.404 e. The van der Waals surface area contributed by atoms with E-state index >= 15 is 0 Å². The minimum Gasteiger partial charge on any atom is -0.457 e. The van der Waals surface area contributed by atoms with Crippen LogP contribution in [0.15, 0.2) is 67.0 Å². The molecule has 32 heavy (non-hydrogen) atoms. The van der Waals surface area contributed by atoms with Crippen LogP contribution in [0.5, 0.6) is 23.0 Å². The second kappa shape index (κ2) is 8.58. The molecule has 0 spiro atoms. The summed E-state index contributed by atoms with van der Waals surface area (Å²) in [5.41, 5.74) is 0.509. The number of hydrogen-bond donors (Lipinski definition) is 0. The first kappa shape index (κ1) is 21.8. The molecule has 0 aliphatic carbocycles. The number of pyridine rings is 1. The van der Waals surface area contributed by atoms with Gasteiger partial charge in [0.05, 0.1) is 12.2 Å². The van der Waals surface area contributed by atoms with Crippen molar-refractivity contribution in [3.63, 3.8) is 0 Å². The molecule has 1 aliphatic heterocycles. The third-order valence-corrected chi connectivity index (χ3v) is 6.14. The van der Waals surface area contributed by atoms with Gasteiger partial charge >= 0.3 is 6.18 Å². The standard InChI is InChI=1S/C21H17F3N2O5S/c22-21(23,24)13-32(27,28)26(12-15-2-1-9-25-11-15)16-3-5-17(6-4-16)31-18-7-8-19-20(10-18)30-14-29-19/h1-11H,12-14H2. The van der Waals surface area contributed by atoms with Crippen LogP contribution in [-0.2, 0) is 16.6 Å². The first-order valence-corrected chi connectivity index (χ1v) is 10.9. The fourth-order valence-electron chi connectivity index (χ4n) is 3.05. The number of fused-ring (bicyclic) bond motifs is 1. The van der Waals surface area contributed by atoms with Crippen molar-refractivity contribution in [2.45, 2.75) is 12.7 Å². The second-order valence-corrected chi connectivity index (χ2v) is 8.74. The number of alkyl halides is 3. The van der Waals surface area contributed by atoms with Gasteiger partial charge in [0, 0.05) is 18.5 Å². The van der Waals surface area contributed by atoms with Crippen molar-refractivity contribution in [2.24, 2.45) is 0 Å². The summed E-state index contributed by atoms with van der Waals surface area (Å²) in [6.07, 6.45) is -2.00. The van der Waals surface area contributed by atoms with Crippen LogP contribution < -0.4 is 18.5 Å². The van der Waals surface area contributed by atoms with Crippen molar-refractivity contribution in [3.8, 4) is 23.0 Å². The molecular weight excluding hydrogens is 449 g/mol. The van der Waals surface area contributed by atoms with Gasteiger partial charge in [-0.25, -0.2) is 8.42 Å². The van der Waals surface area contributed by atoms with Crippen molar-refractivity contribution in [1.82, 2.24) is 4.98 Å². The van der Waals surface area contributed by atoms with Gasteiger partial charge in [0.2, 0.25) is 16.8 Å². The zero-order valence-corrected chi connectivity index (χ0v) is 17.3. The molecule has 0 radical (unpaired) electrons. The zero-order valence-electron chi connectivity index (χ0n) is 16.4. The molecule has 2 aromatic carbocycles. The first-order valence-electron chi connectivity index (χ1n) is 9.33. The maximum atomic E-state index is 12.9. The highest BCUT2D eigenvalue weighted by molar-refractivity contribution is 7.92. The van der Waals surface area contributed by atoms with Gasteiger partial charge in [-0.1, -0.05) is 6.07 Å². The monoisotopic (exact) mass is 466 g/mol. The number of anilines is 1. The minimum atomic E-state index is -4.88. The molecule has 168 valence electrons. The quantitative estimate of drug-likeness (QED) is 0.510. The van der Waals surface area contributed by atoms with Crippen LogP contribution in [-0.4, -0.2) is 32.1 Å². The molecule has 1 aliphatic rings.